The van der Waals surface area contributed by atoms with Gasteiger partial charge in [-0.1, -0.05) is 5.21 Å². The maximum absolute atomic E-state index is 13.0. The van der Waals surface area contributed by atoms with Crippen LogP contribution in [0.3, 0.4) is 0 Å². The third-order valence-corrected chi connectivity index (χ3v) is 5.43. The fourth-order valence-corrected chi connectivity index (χ4v) is 3.87. The first-order chi connectivity index (χ1) is 13.4. The van der Waals surface area contributed by atoms with Gasteiger partial charge in [-0.15, -0.1) is 5.10 Å². The Kier molecular flexibility index (Phi) is 5.22. The highest BCUT2D eigenvalue weighted by Crippen LogP contribution is 2.37. The van der Waals surface area contributed by atoms with Crippen molar-refractivity contribution in [3.8, 4) is 0 Å². The van der Waals surface area contributed by atoms with Crippen molar-refractivity contribution in [3.05, 3.63) is 30.0 Å². The number of hydrogen-bond acceptors (Lipinski definition) is 6. The quantitative estimate of drug-likeness (QED) is 0.748. The van der Waals surface area contributed by atoms with Crippen LogP contribution in [0.25, 0.3) is 0 Å². The van der Waals surface area contributed by atoms with Crippen LogP contribution < -0.4 is 4.90 Å². The third-order valence-electron chi connectivity index (χ3n) is 5.43. The van der Waals surface area contributed by atoms with E-state index in [0.717, 1.165) is 69.8 Å². The summed E-state index contributed by atoms with van der Waals surface area (Å²) in [5, 5.41) is 8.06. The molecule has 152 valence electrons. The third kappa shape index (κ3) is 4.43. The molecule has 4 rings (SSSR count). The molecule has 1 aliphatic heterocycles. The van der Waals surface area contributed by atoms with Crippen LogP contribution in [-0.4, -0.2) is 61.6 Å². The summed E-state index contributed by atoms with van der Waals surface area (Å²) in [6.07, 6.45) is 3.22. The zero-order chi connectivity index (χ0) is 19.7. The van der Waals surface area contributed by atoms with Gasteiger partial charge in [0.2, 0.25) is 0 Å². The molecule has 28 heavy (non-hydrogen) atoms. The van der Waals surface area contributed by atoms with E-state index in [2.05, 4.69) is 30.1 Å². The molecule has 2 aromatic rings. The standard InChI is InChI=1S/C18H24F3N7/c1-26-11-13(24-25-26)4-7-27-8-5-15(6-9-27)28(14-2-3-14)17-10-16(18(19,20)21)22-12-23-17/h10-12,14-15H,2-9H2,1H3. The molecule has 3 heterocycles. The molecule has 1 saturated heterocycles. The molecule has 2 aliphatic rings. The predicted molar refractivity (Wildman–Crippen MR) is 96.7 cm³/mol. The second-order valence-electron chi connectivity index (χ2n) is 7.60. The highest BCUT2D eigenvalue weighted by Gasteiger charge is 2.38. The number of halogens is 3. The maximum Gasteiger partial charge on any atom is 0.433 e. The lowest BCUT2D eigenvalue weighted by atomic mass is 10.0. The van der Waals surface area contributed by atoms with Crippen LogP contribution in [0.2, 0.25) is 0 Å². The fourth-order valence-electron chi connectivity index (χ4n) is 3.87. The van der Waals surface area contributed by atoms with E-state index < -0.39 is 11.9 Å². The number of anilines is 1. The lowest BCUT2D eigenvalue weighted by Gasteiger charge is -2.39. The van der Waals surface area contributed by atoms with Crippen LogP contribution in [0.4, 0.5) is 19.0 Å². The van der Waals surface area contributed by atoms with Gasteiger partial charge in [-0.2, -0.15) is 13.2 Å². The van der Waals surface area contributed by atoms with Crippen molar-refractivity contribution in [2.24, 2.45) is 7.05 Å². The Bertz CT molecular complexity index is 794. The van der Waals surface area contributed by atoms with Gasteiger partial charge in [-0.3, -0.25) is 4.68 Å². The Morgan fingerprint density at radius 3 is 2.43 bits per heavy atom. The van der Waals surface area contributed by atoms with Crippen LogP contribution in [0.15, 0.2) is 18.6 Å². The van der Waals surface area contributed by atoms with Gasteiger partial charge in [0.05, 0.1) is 5.69 Å². The van der Waals surface area contributed by atoms with Gasteiger partial charge in [0, 0.05) is 57.4 Å². The molecule has 0 aromatic carbocycles. The smallest absolute Gasteiger partial charge is 0.350 e. The minimum absolute atomic E-state index is 0.219. The number of likely N-dealkylation sites (tertiary alicyclic amines) is 1. The number of piperidine rings is 1. The zero-order valence-electron chi connectivity index (χ0n) is 15.8. The normalized spacial score (nSPS) is 19.1. The van der Waals surface area contributed by atoms with Crippen molar-refractivity contribution in [2.45, 2.75) is 50.4 Å². The Labute approximate surface area is 161 Å². The molecule has 7 nitrogen and oxygen atoms in total. The molecule has 2 fully saturated rings. The van der Waals surface area contributed by atoms with E-state index in [9.17, 15) is 13.2 Å². The molecule has 2 aromatic heterocycles. The second-order valence-corrected chi connectivity index (χ2v) is 7.60. The number of rotatable bonds is 6. The number of aromatic nitrogens is 5. The number of hydrogen-bond donors (Lipinski definition) is 0. The summed E-state index contributed by atoms with van der Waals surface area (Å²) in [4.78, 5) is 12.1. The molecular formula is C18H24F3N7. The van der Waals surface area contributed by atoms with E-state index in [4.69, 9.17) is 0 Å². The first kappa shape index (κ1) is 19.1. The van der Waals surface area contributed by atoms with E-state index in [1.807, 2.05) is 13.2 Å². The lowest BCUT2D eigenvalue weighted by molar-refractivity contribution is -0.141. The summed E-state index contributed by atoms with van der Waals surface area (Å²) in [5.74, 6) is 0.405. The van der Waals surface area contributed by atoms with Crippen LogP contribution in [0.1, 0.15) is 37.1 Å². The van der Waals surface area contributed by atoms with Crippen molar-refractivity contribution in [2.75, 3.05) is 24.5 Å². The minimum atomic E-state index is -4.45. The van der Waals surface area contributed by atoms with Crippen molar-refractivity contribution < 1.29 is 13.2 Å². The summed E-state index contributed by atoms with van der Waals surface area (Å²) in [7, 11) is 1.85. The summed E-state index contributed by atoms with van der Waals surface area (Å²) < 4.78 is 40.8. The number of aryl methyl sites for hydroxylation is 1. The van der Waals surface area contributed by atoms with Crippen molar-refractivity contribution in [3.63, 3.8) is 0 Å². The fraction of sp³-hybridized carbons (Fsp3) is 0.667. The second kappa shape index (κ2) is 7.65. The SMILES string of the molecule is Cn1cc(CCN2CCC(N(c3cc(C(F)(F)F)ncn3)C3CC3)CC2)nn1. The maximum atomic E-state index is 13.0. The Morgan fingerprint density at radius 1 is 1.11 bits per heavy atom. The van der Waals surface area contributed by atoms with Gasteiger partial charge in [0.25, 0.3) is 0 Å². The summed E-state index contributed by atoms with van der Waals surface area (Å²) >= 11 is 0. The van der Waals surface area contributed by atoms with Gasteiger partial charge in [-0.25, -0.2) is 9.97 Å². The molecule has 0 radical (unpaired) electrons. The molecular weight excluding hydrogens is 371 g/mol. The predicted octanol–water partition coefficient (Wildman–Crippen LogP) is 2.30. The molecule has 0 bridgehead atoms. The molecule has 0 N–H and O–H groups in total. The Balaban J connectivity index is 1.38. The van der Waals surface area contributed by atoms with Crippen molar-refractivity contribution in [1.82, 2.24) is 29.9 Å². The molecule has 0 spiro atoms. The molecule has 10 heteroatoms. The van der Waals surface area contributed by atoms with Gasteiger partial charge in [0.1, 0.15) is 17.8 Å². The Hall–Kier alpha value is -2.23. The monoisotopic (exact) mass is 395 g/mol. The van der Waals surface area contributed by atoms with E-state index in [0.29, 0.717) is 11.9 Å². The summed E-state index contributed by atoms with van der Waals surface area (Å²) in [5.41, 5.74) is 0.106. The van der Waals surface area contributed by atoms with E-state index in [1.54, 1.807) is 4.68 Å². The average Bonchev–Trinajstić information content (AvgIpc) is 3.41. The van der Waals surface area contributed by atoms with Crippen LogP contribution in [-0.2, 0) is 19.6 Å². The van der Waals surface area contributed by atoms with Gasteiger partial charge < -0.3 is 9.80 Å². The first-order valence-corrected chi connectivity index (χ1v) is 9.65. The molecule has 1 saturated carbocycles. The topological polar surface area (TPSA) is 63.0 Å². The average molecular weight is 395 g/mol. The van der Waals surface area contributed by atoms with Gasteiger partial charge in [0.15, 0.2) is 0 Å². The number of alkyl halides is 3. The van der Waals surface area contributed by atoms with Crippen molar-refractivity contribution >= 4 is 5.82 Å². The molecule has 0 amide bonds. The van der Waals surface area contributed by atoms with Crippen LogP contribution in [0.5, 0.6) is 0 Å². The van der Waals surface area contributed by atoms with Gasteiger partial charge in [-0.05, 0) is 25.7 Å². The highest BCUT2D eigenvalue weighted by atomic mass is 19.4. The number of nitrogens with zero attached hydrogens (tertiary/aromatic N) is 7. The molecule has 0 unspecified atom stereocenters. The van der Waals surface area contributed by atoms with E-state index in [-0.39, 0.29) is 6.04 Å². The van der Waals surface area contributed by atoms with Crippen molar-refractivity contribution in [1.29, 1.82) is 0 Å². The first-order valence-electron chi connectivity index (χ1n) is 9.65. The zero-order valence-corrected chi connectivity index (χ0v) is 15.8. The van der Waals surface area contributed by atoms with E-state index in [1.165, 1.54) is 0 Å². The summed E-state index contributed by atoms with van der Waals surface area (Å²) in [6.45, 7) is 2.76. The molecule has 1 aliphatic carbocycles. The Morgan fingerprint density at radius 2 is 1.82 bits per heavy atom. The van der Waals surface area contributed by atoms with E-state index >= 15 is 0 Å². The van der Waals surface area contributed by atoms with Gasteiger partial charge >= 0.3 is 6.18 Å². The van der Waals surface area contributed by atoms with Crippen LogP contribution in [0, 0.1) is 0 Å². The largest absolute Gasteiger partial charge is 0.433 e. The minimum Gasteiger partial charge on any atom is -0.350 e. The lowest BCUT2D eigenvalue weighted by Crippen LogP contribution is -2.46. The molecule has 0 atom stereocenters. The van der Waals surface area contributed by atoms with Crippen LogP contribution >= 0.6 is 0 Å². The summed E-state index contributed by atoms with van der Waals surface area (Å²) in [6, 6.07) is 1.61. The highest BCUT2D eigenvalue weighted by molar-refractivity contribution is 5.44.